The van der Waals surface area contributed by atoms with Gasteiger partial charge in [0.2, 0.25) is 43.7 Å². The molecule has 0 fully saturated rings. The molecule has 1 aromatic heterocycles. The number of halogens is 1. The first-order valence-corrected chi connectivity index (χ1v) is 34.2. The first-order valence-electron chi connectivity index (χ1n) is 24.9. The van der Waals surface area contributed by atoms with Gasteiger partial charge in [0.05, 0.1) is 24.5 Å². The van der Waals surface area contributed by atoms with E-state index in [4.69, 9.17) is 41.5 Å². The van der Waals surface area contributed by atoms with Gasteiger partial charge in [-0.15, -0.1) is 0 Å². The van der Waals surface area contributed by atoms with Gasteiger partial charge in [0.15, 0.2) is 0 Å². The van der Waals surface area contributed by atoms with Gasteiger partial charge in [-0.25, -0.2) is 35.5 Å². The Bertz CT molecular complexity index is 4030. The zero-order valence-electron chi connectivity index (χ0n) is 51.9. The Hall–Kier alpha value is -7.34. The van der Waals surface area contributed by atoms with Crippen LogP contribution >= 0.6 is 10.7 Å². The zero-order valence-corrected chi connectivity index (χ0v) is 59.6. The molecule has 0 spiro atoms. The van der Waals surface area contributed by atoms with Crippen molar-refractivity contribution in [3.8, 4) is 0 Å². The van der Waals surface area contributed by atoms with Crippen molar-refractivity contribution >= 4 is 128 Å². The number of rotatable bonds is 10. The fourth-order valence-corrected chi connectivity index (χ4v) is 10.0. The minimum atomic E-state index is -4.18. The molecular weight excluding hydrogens is 1370 g/mol. The number of carbonyl (C=O) groups excluding carboxylic acids is 4. The van der Waals surface area contributed by atoms with E-state index in [0.717, 1.165) is 5.56 Å². The van der Waals surface area contributed by atoms with E-state index in [9.17, 15) is 69.7 Å². The first kappa shape index (κ1) is 92.1. The van der Waals surface area contributed by atoms with Crippen LogP contribution in [0.5, 0.6) is 0 Å². The molecule has 7 rings (SSSR count). The fraction of sp³-hybridized carbons (Fsp3) is 0.182. The number of carbonyl (C=O) groups is 4. The number of pyridine rings is 1. The van der Waals surface area contributed by atoms with Crippen molar-refractivity contribution in [2.45, 2.75) is 98.6 Å². The summed E-state index contributed by atoms with van der Waals surface area (Å²) in [4.78, 5) is 46.9. The Balaban J connectivity index is -0.000000498. The van der Waals surface area contributed by atoms with E-state index >= 15 is 0 Å². The smallest absolute Gasteiger partial charge is 0.870 e. The Kier molecular flexibility index (Phi) is 41.0. The molecule has 20 N–H and O–H groups in total. The van der Waals surface area contributed by atoms with Gasteiger partial charge in [-0.3, -0.25) is 33.3 Å². The number of aromatic nitrogens is 1. The third kappa shape index (κ3) is 36.1. The second kappa shape index (κ2) is 41.4. The average molecular weight is 1450 g/mol. The molecule has 508 valence electrons. The zero-order chi connectivity index (χ0) is 68.6. The van der Waals surface area contributed by atoms with Gasteiger partial charge in [0.1, 0.15) is 0 Å². The van der Waals surface area contributed by atoms with Crippen molar-refractivity contribution in [2.24, 2.45) is 10.3 Å². The maximum Gasteiger partial charge on any atom is 1.00 e. The van der Waals surface area contributed by atoms with E-state index in [0.29, 0.717) is 61.9 Å². The Morgan fingerprint density at radius 2 is 0.699 bits per heavy atom. The minimum Gasteiger partial charge on any atom is -0.870 e. The van der Waals surface area contributed by atoms with Crippen LogP contribution in [0.1, 0.15) is 61.1 Å². The molecule has 0 radical (unpaired) electrons. The maximum absolute atomic E-state index is 11.0. The van der Waals surface area contributed by atoms with E-state index in [1.54, 1.807) is 60.0 Å². The third-order valence-corrected chi connectivity index (χ3v) is 16.3. The van der Waals surface area contributed by atoms with E-state index in [1.165, 1.54) is 131 Å². The Labute approximate surface area is 569 Å². The van der Waals surface area contributed by atoms with E-state index < -0.39 is 60.0 Å². The summed E-state index contributed by atoms with van der Waals surface area (Å²) in [7, 11) is -16.3. The topological polar surface area (TPSA) is 575 Å². The van der Waals surface area contributed by atoms with Gasteiger partial charge in [-0.2, -0.15) is 16.8 Å². The molecule has 0 saturated heterocycles. The molecule has 0 atom stereocenters. The standard InChI is InChI=1S/C9H10ClNO3S.C9H12N2O3S.C9H11NO4S.C9H10NO3S.C7H10N2O2S.C7H9NO3S.C5H5N.H3N.Na.2H2O/c2*1-6-5-8(15(10,13)14)3-4-9(6)11-7(2)12;1-6-5-8(15(12,13)14)3-4-9(6)10-7(2)11;1-6-5-8(14(12)13)3-4-9(6)10-7(2)11;2*1-5-4-6(12(9,10)11)2-3-7(5)8;1-2-4-6-5-3-1;;;;/h3-5H,1-2H3,(H,11,12);3-5H,1-2H3,(H,11,12)(H2,10,13,14);3-5H,1-2H3,(H,10,11)(H,12,13,14);3-5H,1-2H3,(H,10,11);2-4H,8H2,1H3,(H2,9,10,11);2-4H,8H2,1H3,(H,9,10,11);1-5H;1H3;;2*1H2/q;;;-1;;;;;+1;;/p-1. The Morgan fingerprint density at radius 3 is 0.946 bits per heavy atom. The molecule has 0 bridgehead atoms. The third-order valence-electron chi connectivity index (χ3n) is 10.8. The maximum atomic E-state index is 11.0. The minimum absolute atomic E-state index is 0. The summed E-state index contributed by atoms with van der Waals surface area (Å²) in [5.74, 6) is -0.831. The van der Waals surface area contributed by atoms with Crippen molar-refractivity contribution in [2.75, 3.05) is 32.7 Å². The fourth-order valence-electron chi connectivity index (χ4n) is 6.40. The number of primary sulfonamides is 2. The van der Waals surface area contributed by atoms with Gasteiger partial charge >= 0.3 is 29.6 Å². The SMILES string of the molecule is CC(=O)Nc1ccc(S(=O)(=O)Cl)cc1C.CC(=O)Nc1ccc(S(=O)(=O)O)cc1C.CC(=O)Nc1ccc(S(N)(=O)=O)cc1C.CC(=O)Nc1ccc([S-](=O)=O)cc1C.Cc1cc(S(=O)(=O)O)ccc1N.Cc1cc(S(N)(=O)=O)ccc1N.N.O.[Na+].[OH-].c1ccncc1. The van der Waals surface area contributed by atoms with Crippen LogP contribution in [0.25, 0.3) is 0 Å². The van der Waals surface area contributed by atoms with Gasteiger partial charge < -0.3 is 58.3 Å². The van der Waals surface area contributed by atoms with Crippen molar-refractivity contribution in [1.29, 1.82) is 0 Å². The summed E-state index contributed by atoms with van der Waals surface area (Å²) in [5, 5.41) is 20.2. The summed E-state index contributed by atoms with van der Waals surface area (Å²) in [6, 6.07) is 31.1. The molecule has 0 aliphatic rings. The van der Waals surface area contributed by atoms with E-state index in [2.05, 4.69) is 26.3 Å². The van der Waals surface area contributed by atoms with E-state index in [1.807, 2.05) is 18.2 Å². The van der Waals surface area contributed by atoms with Gasteiger partial charge in [-0.1, -0.05) is 23.1 Å². The molecular formula is C55H73ClN10NaO20S6-. The molecule has 0 unspecified atom stereocenters. The molecule has 6 aromatic carbocycles. The van der Waals surface area contributed by atoms with Crippen LogP contribution in [-0.4, -0.2) is 90.8 Å². The molecule has 1 heterocycles. The number of benzene rings is 6. The number of hydrogen-bond acceptors (Lipinski definition) is 22. The molecule has 30 nitrogen and oxygen atoms in total. The van der Waals surface area contributed by atoms with Gasteiger partial charge in [0, 0.05) is 84.9 Å². The average Bonchev–Trinajstić information content (AvgIpc) is 0.950. The number of nitrogens with zero attached hydrogens (tertiary/aromatic N) is 1. The number of aryl methyl sites for hydroxylation is 6. The predicted octanol–water partition coefficient (Wildman–Crippen LogP) is 3.60. The van der Waals surface area contributed by atoms with Crippen LogP contribution < -0.4 is 78.7 Å². The Morgan fingerprint density at radius 1 is 0.441 bits per heavy atom. The normalized spacial score (nSPS) is 10.4. The van der Waals surface area contributed by atoms with Crippen LogP contribution in [0.15, 0.2) is 169 Å². The van der Waals surface area contributed by atoms with Crippen LogP contribution in [0.4, 0.5) is 34.1 Å². The second-order valence-electron chi connectivity index (χ2n) is 18.4. The molecule has 7 aromatic rings. The number of hydrogen-bond donors (Lipinski definition) is 11. The van der Waals surface area contributed by atoms with Crippen molar-refractivity contribution in [3.63, 3.8) is 0 Å². The number of nitrogens with two attached hydrogens (primary N) is 4. The number of nitrogens with one attached hydrogen (secondary N) is 4. The number of sulfonamides is 2. The summed E-state index contributed by atoms with van der Waals surface area (Å²) in [6.45, 7) is 15.7. The van der Waals surface area contributed by atoms with Gasteiger partial charge in [-0.05, 0) is 195 Å². The van der Waals surface area contributed by atoms with Crippen LogP contribution in [0.2, 0.25) is 0 Å². The number of amides is 4. The van der Waals surface area contributed by atoms with Crippen molar-refractivity contribution in [1.82, 2.24) is 11.1 Å². The molecule has 0 aliphatic carbocycles. The summed E-state index contributed by atoms with van der Waals surface area (Å²) < 4.78 is 147. The number of anilines is 6. The van der Waals surface area contributed by atoms with E-state index in [-0.39, 0.29) is 99.7 Å². The molecule has 0 aliphatic heterocycles. The van der Waals surface area contributed by atoms with Crippen molar-refractivity contribution in [3.05, 3.63) is 173 Å². The number of nitrogen functional groups attached to an aromatic ring is 2. The van der Waals surface area contributed by atoms with Crippen LogP contribution in [0.3, 0.4) is 0 Å². The van der Waals surface area contributed by atoms with Crippen LogP contribution in [0, 0.1) is 41.5 Å². The first-order chi connectivity index (χ1) is 40.7. The monoisotopic (exact) mass is 1440 g/mol. The second-order valence-corrected chi connectivity index (χ2v) is 27.9. The molecule has 93 heavy (non-hydrogen) atoms. The quantitative estimate of drug-likeness (QED) is 0.0306. The summed E-state index contributed by atoms with van der Waals surface area (Å²) >= 11 is 0. The molecule has 4 amide bonds. The molecule has 0 saturated carbocycles. The largest absolute Gasteiger partial charge is 1.00 e. The van der Waals surface area contributed by atoms with Crippen LogP contribution in [-0.2, 0) is 87.6 Å². The predicted molar refractivity (Wildman–Crippen MR) is 350 cm³/mol. The summed E-state index contributed by atoms with van der Waals surface area (Å²) in [5.41, 5.74) is 18.2. The summed E-state index contributed by atoms with van der Waals surface area (Å²) in [6.07, 6.45) is 3.50. The molecule has 38 heteroatoms. The van der Waals surface area contributed by atoms with Crippen molar-refractivity contribution < 1.29 is 119 Å². The van der Waals surface area contributed by atoms with Gasteiger partial charge in [0.25, 0.3) is 29.3 Å².